The van der Waals surface area contributed by atoms with Gasteiger partial charge in [-0.1, -0.05) is 181 Å². The van der Waals surface area contributed by atoms with E-state index >= 15 is 0 Å². The van der Waals surface area contributed by atoms with E-state index < -0.39 is 191 Å². The number of carbonyl (C=O) groups excluding carboxylic acids is 6. The summed E-state index contributed by atoms with van der Waals surface area (Å²) >= 11 is 0. The van der Waals surface area contributed by atoms with Gasteiger partial charge in [0, 0.05) is 45.4 Å². The topological polar surface area (TPSA) is 521 Å². The van der Waals surface area contributed by atoms with Crippen LogP contribution in [0.15, 0.2) is 0 Å². The van der Waals surface area contributed by atoms with Crippen molar-refractivity contribution >= 4 is 35.6 Å². The second-order valence-corrected chi connectivity index (χ2v) is 27.4. The van der Waals surface area contributed by atoms with Crippen LogP contribution < -0.4 is 16.0 Å². The Balaban J connectivity index is 2.19. The van der Waals surface area contributed by atoms with Crippen molar-refractivity contribution in [2.75, 3.05) is 65.8 Å². The fraction of sp³-hybridized carbons (Fsp3) is 0.915. The van der Waals surface area contributed by atoms with Gasteiger partial charge in [0.1, 0.15) is 91.5 Å². The first-order chi connectivity index (χ1) is 49.4. The summed E-state index contributed by atoms with van der Waals surface area (Å²) in [6.07, 6.45) is -6.16. The summed E-state index contributed by atoms with van der Waals surface area (Å²) in [5.41, 5.74) is 0. The molecule has 2 heterocycles. The maximum absolute atomic E-state index is 14.1. The predicted octanol–water partition coefficient (Wildman–Crippen LogP) is -0.558. The third kappa shape index (κ3) is 38.1. The van der Waals surface area contributed by atoms with Gasteiger partial charge in [-0.3, -0.25) is 24.0 Å². The number of ether oxygens (including phenoxy) is 6. The van der Waals surface area contributed by atoms with E-state index in [-0.39, 0.29) is 65.1 Å². The number of hydrogen-bond acceptors (Lipinski definition) is 28. The van der Waals surface area contributed by atoms with Crippen LogP contribution in [0.5, 0.6) is 0 Å². The Kier molecular flexibility index (Phi) is 52.8. The average Bonchev–Trinajstić information content (AvgIpc) is 0.811. The molecule has 2 aliphatic rings. The number of aliphatic hydroxyl groups is 16. The molecule has 0 aromatic carbocycles. The van der Waals surface area contributed by atoms with Crippen LogP contribution in [-0.2, 0) is 57.2 Å². The smallest absolute Gasteiger partial charge is 0.328 e. The lowest BCUT2D eigenvalue weighted by molar-refractivity contribution is -0.326. The van der Waals surface area contributed by atoms with Crippen LogP contribution in [0.25, 0.3) is 0 Å². The highest BCUT2D eigenvalue weighted by atomic mass is 16.7. The van der Waals surface area contributed by atoms with Gasteiger partial charge in [0.2, 0.25) is 11.8 Å². The molecule has 2 fully saturated rings. The lowest BCUT2D eigenvalue weighted by Gasteiger charge is -2.42. The number of unbranched alkanes of at least 4 members (excludes halogenated alkanes) is 26. The SMILES string of the molecule is CCCCCCCCCCCCCCCCOC(=O)CC[C@H](NC(=O)CCC(=O)N(CCCNC(=O)[C@H](O)[C@H](O)[C@H](O[C@@H]1O[C@H](CO)[C@@H](O)[C@H](O)[C@H]1O)[C@H](O)CO)CCCNC(=O)[C@H](O)[C@H](O)[C@H](O[C@@H]1O[C@H](CO)[C@@H](O)[C@H](O)[C@H]1O)[C@H](O)CO)C(=O)OCCCCCCCCCCCCCCCC. The number of nitrogens with one attached hydrogen (secondary N) is 3. The van der Waals surface area contributed by atoms with Crippen molar-refractivity contribution in [3.05, 3.63) is 0 Å². The number of amides is 4. The minimum atomic E-state index is -2.43. The molecule has 2 aliphatic heterocycles. The maximum Gasteiger partial charge on any atom is 0.328 e. The highest BCUT2D eigenvalue weighted by Gasteiger charge is 2.49. The Bertz CT molecular complexity index is 2150. The zero-order valence-electron chi connectivity index (χ0n) is 61.1. The molecular formula is C71H132N4O28. The fourth-order valence-electron chi connectivity index (χ4n) is 12.2. The van der Waals surface area contributed by atoms with Gasteiger partial charge < -0.3 is 131 Å². The van der Waals surface area contributed by atoms with E-state index in [0.29, 0.717) is 12.8 Å². The first-order valence-electron chi connectivity index (χ1n) is 38.1. The Morgan fingerprint density at radius 1 is 0.427 bits per heavy atom. The standard InChI is InChI=1S/C71H132N4O28/c1-3-5-7-9-11-13-15-17-19-21-23-25-27-29-41-98-54(84)36-33-47(69(97)99-42-30-28-26-24-22-20-18-16-14-12-10-8-6-4-2)74-52(82)34-35-53(83)75(39-31-37-72-67(95)61(91)59(89)65(48(80)43-76)102-70-63(93)57(87)55(85)50(45-78)100-70)40-32-38-73-68(96)62(92)60(90)66(49(81)44-77)103-71-64(94)58(88)56(86)51(46-79)101-71/h47-51,55-66,70-71,76-81,85-94H,3-46H2,1-2H3,(H,72,95)(H,73,96)(H,74,82)/t47-,48+,49+,50+,51+,55+,56+,57-,58-,59-,60-,61+,62+,63+,64+,65+,66+,70-,71-/m0/s1. The van der Waals surface area contributed by atoms with E-state index in [1.807, 2.05) is 0 Å². The normalized spacial score (nSPS) is 23.3. The predicted molar refractivity (Wildman–Crippen MR) is 372 cm³/mol. The van der Waals surface area contributed by atoms with Crippen LogP contribution in [0.4, 0.5) is 0 Å². The molecule has 604 valence electrons. The molecule has 0 aromatic rings. The molecule has 103 heavy (non-hydrogen) atoms. The average molecular weight is 1490 g/mol. The highest BCUT2D eigenvalue weighted by Crippen LogP contribution is 2.28. The van der Waals surface area contributed by atoms with Crippen LogP contribution in [0.1, 0.15) is 232 Å². The van der Waals surface area contributed by atoms with Crippen LogP contribution in [-0.4, -0.2) is 304 Å². The monoisotopic (exact) mass is 1490 g/mol. The third-order valence-corrected chi connectivity index (χ3v) is 18.8. The van der Waals surface area contributed by atoms with Gasteiger partial charge in [-0.2, -0.15) is 0 Å². The number of rotatable bonds is 62. The minimum absolute atomic E-state index is 0.0703. The highest BCUT2D eigenvalue weighted by molar-refractivity contribution is 5.88. The van der Waals surface area contributed by atoms with Gasteiger partial charge in [-0.05, 0) is 32.1 Å². The van der Waals surface area contributed by atoms with E-state index in [2.05, 4.69) is 29.8 Å². The van der Waals surface area contributed by atoms with Gasteiger partial charge in [-0.25, -0.2) is 4.79 Å². The largest absolute Gasteiger partial charge is 0.466 e. The summed E-state index contributed by atoms with van der Waals surface area (Å²) in [4.78, 5) is 82.1. The Labute approximate surface area is 607 Å². The van der Waals surface area contributed by atoms with Crippen molar-refractivity contribution in [2.24, 2.45) is 0 Å². The first kappa shape index (κ1) is 95.1. The Hall–Kier alpha value is -3.98. The molecule has 19 atom stereocenters. The first-order valence-corrected chi connectivity index (χ1v) is 38.1. The number of nitrogens with zero attached hydrogens (tertiary/aromatic N) is 1. The molecular weight excluding hydrogens is 1360 g/mol. The minimum Gasteiger partial charge on any atom is -0.466 e. The quantitative estimate of drug-likeness (QED) is 0.0268. The zero-order valence-corrected chi connectivity index (χ0v) is 61.1. The van der Waals surface area contributed by atoms with Crippen molar-refractivity contribution in [3.63, 3.8) is 0 Å². The van der Waals surface area contributed by atoms with E-state index in [1.54, 1.807) is 0 Å². The van der Waals surface area contributed by atoms with Crippen LogP contribution in [0.2, 0.25) is 0 Å². The van der Waals surface area contributed by atoms with Crippen molar-refractivity contribution in [1.29, 1.82) is 0 Å². The van der Waals surface area contributed by atoms with Crippen molar-refractivity contribution in [3.8, 4) is 0 Å². The van der Waals surface area contributed by atoms with Gasteiger partial charge in [0.15, 0.2) is 24.8 Å². The maximum atomic E-state index is 14.1. The molecule has 0 saturated carbocycles. The summed E-state index contributed by atoms with van der Waals surface area (Å²) in [7, 11) is 0. The molecule has 32 heteroatoms. The molecule has 0 aliphatic carbocycles. The van der Waals surface area contributed by atoms with E-state index in [9.17, 15) is 110 Å². The second-order valence-electron chi connectivity index (χ2n) is 27.4. The third-order valence-electron chi connectivity index (χ3n) is 18.8. The summed E-state index contributed by atoms with van der Waals surface area (Å²) in [6, 6.07) is -1.29. The van der Waals surface area contributed by atoms with Gasteiger partial charge >= 0.3 is 11.9 Å². The summed E-state index contributed by atoms with van der Waals surface area (Å²) < 4.78 is 32.4. The summed E-state index contributed by atoms with van der Waals surface area (Å²) in [5.74, 6) is -5.35. The molecule has 19 N–H and O–H groups in total. The van der Waals surface area contributed by atoms with E-state index in [1.165, 1.54) is 120 Å². The van der Waals surface area contributed by atoms with Crippen LogP contribution in [0.3, 0.4) is 0 Å². The van der Waals surface area contributed by atoms with Crippen LogP contribution in [0, 0.1) is 0 Å². The Morgan fingerprint density at radius 2 is 0.777 bits per heavy atom. The number of aliphatic hydroxyl groups excluding tert-OH is 16. The lowest BCUT2D eigenvalue weighted by atomic mass is 9.98. The molecule has 0 radical (unpaired) electrons. The number of carbonyl (C=O) groups is 6. The van der Waals surface area contributed by atoms with Crippen LogP contribution >= 0.6 is 0 Å². The van der Waals surface area contributed by atoms with Gasteiger partial charge in [0.05, 0.1) is 39.6 Å². The molecule has 32 nitrogen and oxygen atoms in total. The second kappa shape index (κ2) is 57.2. The summed E-state index contributed by atoms with van der Waals surface area (Å²) in [5, 5.41) is 173. The van der Waals surface area contributed by atoms with Crippen molar-refractivity contribution in [2.45, 2.75) is 348 Å². The van der Waals surface area contributed by atoms with Gasteiger partial charge in [-0.15, -0.1) is 0 Å². The number of esters is 2. The lowest BCUT2D eigenvalue weighted by Crippen LogP contribution is -2.62. The molecule has 0 aromatic heterocycles. The number of hydrogen-bond donors (Lipinski definition) is 19. The van der Waals surface area contributed by atoms with Crippen molar-refractivity contribution in [1.82, 2.24) is 20.9 Å². The molecule has 2 rings (SSSR count). The fourth-order valence-corrected chi connectivity index (χ4v) is 12.2. The van der Waals surface area contributed by atoms with E-state index in [4.69, 9.17) is 28.4 Å². The molecule has 0 bridgehead atoms. The molecule has 0 spiro atoms. The van der Waals surface area contributed by atoms with Gasteiger partial charge in [0.25, 0.3) is 11.8 Å². The van der Waals surface area contributed by atoms with Crippen molar-refractivity contribution < 1.29 is 139 Å². The van der Waals surface area contributed by atoms with E-state index in [0.717, 1.165) is 51.4 Å². The summed E-state index contributed by atoms with van der Waals surface area (Å²) in [6.45, 7) is -0.459. The molecule has 2 saturated heterocycles. The molecule has 4 amide bonds. The Morgan fingerprint density at radius 3 is 1.13 bits per heavy atom. The zero-order chi connectivity index (χ0) is 76.5. The molecule has 0 unspecified atom stereocenters.